The number of nitrogens with zero attached hydrogens (tertiary/aromatic N) is 3. The smallest absolute Gasteiger partial charge is 0.495 e. The maximum atomic E-state index is 12.8. The maximum Gasteiger partial charge on any atom is 0.495 e. The minimum Gasteiger partial charge on any atom is -1.00 e. The van der Waals surface area contributed by atoms with Crippen LogP contribution in [0.1, 0.15) is 5.82 Å². The Balaban J connectivity index is 0.00000180. The lowest BCUT2D eigenvalue weighted by Crippen LogP contribution is -3.00. The van der Waals surface area contributed by atoms with Gasteiger partial charge in [-0.1, -0.05) is 0 Å². The number of aromatic nitrogens is 2. The molecule has 0 aliphatic carbocycles. The molecule has 1 heterocycles. The molecule has 0 unspecified atom stereocenters. The Bertz CT molecular complexity index is 651. The van der Waals surface area contributed by atoms with E-state index in [0.717, 1.165) is 15.2 Å². The van der Waals surface area contributed by atoms with Crippen LogP contribution in [-0.4, -0.2) is 9.49 Å². The monoisotopic (exact) mass is 295 g/mol. The number of aryl methyl sites for hydroxylation is 2. The van der Waals surface area contributed by atoms with E-state index in [4.69, 9.17) is 0 Å². The highest BCUT2D eigenvalue weighted by Crippen LogP contribution is 2.30. The number of benzene rings is 1. The van der Waals surface area contributed by atoms with Crippen molar-refractivity contribution in [2.75, 3.05) is 0 Å². The molecule has 0 aliphatic rings. The predicted molar refractivity (Wildman–Crippen MR) is 55.8 cm³/mol. The highest BCUT2D eigenvalue weighted by molar-refractivity contribution is 5.75. The molecule has 0 radical (unpaired) electrons. The number of halogens is 4. The first kappa shape index (κ1) is 15.2. The van der Waals surface area contributed by atoms with E-state index >= 15 is 0 Å². The number of imidazole rings is 1. The molecule has 9 heteroatoms. The van der Waals surface area contributed by atoms with Gasteiger partial charge in [0.15, 0.2) is 11.0 Å². The van der Waals surface area contributed by atoms with Crippen LogP contribution in [0.3, 0.4) is 0 Å². The lowest BCUT2D eigenvalue weighted by atomic mass is 10.3. The molecule has 104 valence electrons. The van der Waals surface area contributed by atoms with Gasteiger partial charge in [-0.15, -0.1) is 0 Å². The molecule has 0 spiro atoms. The van der Waals surface area contributed by atoms with E-state index < -0.39 is 16.9 Å². The van der Waals surface area contributed by atoms with E-state index in [0.29, 0.717) is 0 Å². The second-order valence-corrected chi connectivity index (χ2v) is 3.87. The molecule has 0 saturated heterocycles. The predicted octanol–water partition coefficient (Wildman–Crippen LogP) is -1.07. The molecular weight excluding hydrogens is 287 g/mol. The van der Waals surface area contributed by atoms with Crippen molar-refractivity contribution >= 4 is 16.7 Å². The summed E-state index contributed by atoms with van der Waals surface area (Å²) in [5.74, 6) is -0.863. The number of hydrogen-bond acceptors (Lipinski definition) is 2. The molecule has 0 bridgehead atoms. The lowest BCUT2D eigenvalue weighted by molar-refractivity contribution is -0.667. The van der Waals surface area contributed by atoms with E-state index in [1.54, 1.807) is 0 Å². The first-order valence-electron chi connectivity index (χ1n) is 4.93. The minimum atomic E-state index is -4.52. The summed E-state index contributed by atoms with van der Waals surface area (Å²) in [4.78, 5) is 9.97. The third kappa shape index (κ3) is 2.35. The topological polar surface area (TPSA) is 52.0 Å². The summed E-state index contributed by atoms with van der Waals surface area (Å²) >= 11 is 0. The molecule has 0 saturated carbocycles. The van der Waals surface area contributed by atoms with E-state index in [2.05, 4.69) is 0 Å². The van der Waals surface area contributed by atoms with Crippen LogP contribution < -0.4 is 17.0 Å². The Morgan fingerprint density at radius 2 is 1.95 bits per heavy atom. The van der Waals surface area contributed by atoms with Crippen molar-refractivity contribution in [2.45, 2.75) is 6.18 Å². The van der Waals surface area contributed by atoms with Crippen molar-refractivity contribution in [1.29, 1.82) is 0 Å². The van der Waals surface area contributed by atoms with Gasteiger partial charge in [0, 0.05) is 6.07 Å². The fourth-order valence-corrected chi connectivity index (χ4v) is 2.01. The Morgan fingerprint density at radius 1 is 1.37 bits per heavy atom. The molecule has 0 N–H and O–H groups in total. The van der Waals surface area contributed by atoms with Crippen LogP contribution in [0.2, 0.25) is 0 Å². The second kappa shape index (κ2) is 4.69. The van der Waals surface area contributed by atoms with Gasteiger partial charge in [0.05, 0.1) is 25.1 Å². The lowest BCUT2D eigenvalue weighted by Gasteiger charge is -2.01. The van der Waals surface area contributed by atoms with Gasteiger partial charge in [-0.2, -0.15) is 13.2 Å². The van der Waals surface area contributed by atoms with E-state index in [9.17, 15) is 23.3 Å². The molecule has 0 fully saturated rings. The minimum absolute atomic E-state index is 0. The fourth-order valence-electron chi connectivity index (χ4n) is 2.01. The normalized spacial score (nSPS) is 11.4. The van der Waals surface area contributed by atoms with Crippen LogP contribution >= 0.6 is 0 Å². The number of rotatable bonds is 1. The van der Waals surface area contributed by atoms with Crippen molar-refractivity contribution < 1.29 is 35.1 Å². The van der Waals surface area contributed by atoms with Crippen LogP contribution in [0.4, 0.5) is 18.9 Å². The summed E-state index contributed by atoms with van der Waals surface area (Å²) in [5.41, 5.74) is 0.215. The largest absolute Gasteiger partial charge is 1.00 e. The first-order chi connectivity index (χ1) is 8.23. The Morgan fingerprint density at radius 3 is 2.42 bits per heavy atom. The maximum absolute atomic E-state index is 12.8. The molecular formula is C10H9ClF3N3O2. The summed E-state index contributed by atoms with van der Waals surface area (Å²) in [6.45, 7) is 0. The summed E-state index contributed by atoms with van der Waals surface area (Å²) in [5, 5.41) is 10.6. The van der Waals surface area contributed by atoms with Gasteiger partial charge in [0.1, 0.15) is 0 Å². The summed E-state index contributed by atoms with van der Waals surface area (Å²) < 4.78 is 40.4. The van der Waals surface area contributed by atoms with Gasteiger partial charge in [-0.25, -0.2) is 9.13 Å². The number of nitro benzene ring substituents is 1. The summed E-state index contributed by atoms with van der Waals surface area (Å²) in [6, 6.07) is 3.62. The van der Waals surface area contributed by atoms with Crippen LogP contribution in [0.25, 0.3) is 11.0 Å². The van der Waals surface area contributed by atoms with Gasteiger partial charge < -0.3 is 12.4 Å². The molecule has 1 aromatic heterocycles. The van der Waals surface area contributed by atoms with Crippen molar-refractivity contribution in [3.05, 3.63) is 34.1 Å². The van der Waals surface area contributed by atoms with E-state index in [1.165, 1.54) is 26.2 Å². The molecule has 0 aliphatic heterocycles. The zero-order valence-electron chi connectivity index (χ0n) is 9.90. The summed E-state index contributed by atoms with van der Waals surface area (Å²) in [7, 11) is 2.51. The number of fused-ring (bicyclic) bond motifs is 1. The zero-order valence-corrected chi connectivity index (χ0v) is 10.7. The Hall–Kier alpha value is -1.83. The fraction of sp³-hybridized carbons (Fsp3) is 0.300. The average molecular weight is 296 g/mol. The van der Waals surface area contributed by atoms with Gasteiger partial charge in [-0.05, 0) is 6.07 Å². The Labute approximate surface area is 111 Å². The van der Waals surface area contributed by atoms with E-state index in [-0.39, 0.29) is 29.1 Å². The van der Waals surface area contributed by atoms with Crippen molar-refractivity contribution in [3.63, 3.8) is 0 Å². The third-order valence-corrected chi connectivity index (χ3v) is 2.78. The molecule has 5 nitrogen and oxygen atoms in total. The highest BCUT2D eigenvalue weighted by atomic mass is 35.5. The van der Waals surface area contributed by atoms with Crippen molar-refractivity contribution in [1.82, 2.24) is 4.57 Å². The molecule has 2 rings (SSSR count). The van der Waals surface area contributed by atoms with Crippen molar-refractivity contribution in [2.24, 2.45) is 14.1 Å². The van der Waals surface area contributed by atoms with Gasteiger partial charge in [-0.3, -0.25) is 10.1 Å². The van der Waals surface area contributed by atoms with Crippen LogP contribution in [0.15, 0.2) is 18.2 Å². The van der Waals surface area contributed by atoms with Gasteiger partial charge in [0.25, 0.3) is 5.69 Å². The quantitative estimate of drug-likeness (QED) is 0.382. The number of hydrogen-bond donors (Lipinski definition) is 0. The molecule has 2 aromatic rings. The van der Waals surface area contributed by atoms with E-state index in [1.807, 2.05) is 0 Å². The zero-order chi connectivity index (χ0) is 13.7. The van der Waals surface area contributed by atoms with Crippen molar-refractivity contribution in [3.8, 4) is 0 Å². The van der Waals surface area contributed by atoms with Gasteiger partial charge in [0.2, 0.25) is 0 Å². The molecule has 0 amide bonds. The first-order valence-corrected chi connectivity index (χ1v) is 4.93. The Kier molecular flexibility index (Phi) is 3.76. The summed E-state index contributed by atoms with van der Waals surface area (Å²) in [6.07, 6.45) is -4.52. The number of non-ortho nitro benzene ring substituents is 1. The molecule has 19 heavy (non-hydrogen) atoms. The van der Waals surface area contributed by atoms with Crippen LogP contribution in [-0.2, 0) is 20.3 Å². The standard InChI is InChI=1S/C10H9F3N3O2.ClH/c1-14-7-4-3-6(16(17)18)5-8(7)15(2)9(14)10(11,12)13;/h3-5H,1-2H3;1H/q+1;/p-1. The second-order valence-electron chi connectivity index (χ2n) is 3.87. The highest BCUT2D eigenvalue weighted by Gasteiger charge is 2.45. The number of nitro groups is 1. The third-order valence-electron chi connectivity index (χ3n) is 2.78. The van der Waals surface area contributed by atoms with Crippen LogP contribution in [0, 0.1) is 10.1 Å². The average Bonchev–Trinajstić information content (AvgIpc) is 2.50. The van der Waals surface area contributed by atoms with Crippen LogP contribution in [0.5, 0.6) is 0 Å². The van der Waals surface area contributed by atoms with Gasteiger partial charge >= 0.3 is 12.0 Å². The SMILES string of the molecule is Cn1c(C(F)(F)F)[n+](C)c2ccc([N+](=O)[O-])cc21.[Cl-]. The molecule has 0 atom stereocenters. The molecule has 1 aromatic carbocycles. The number of alkyl halides is 3.